The van der Waals surface area contributed by atoms with E-state index in [1.165, 1.54) is 32.1 Å². The summed E-state index contributed by atoms with van der Waals surface area (Å²) in [4.78, 5) is 29.5. The van der Waals surface area contributed by atoms with E-state index in [2.05, 4.69) is 15.6 Å². The van der Waals surface area contributed by atoms with Gasteiger partial charge in [-0.15, -0.1) is 0 Å². The lowest BCUT2D eigenvalue weighted by Gasteiger charge is -2.25. The van der Waals surface area contributed by atoms with Gasteiger partial charge in [-0.3, -0.25) is 9.59 Å². The first-order chi connectivity index (χ1) is 15.2. The molecule has 1 fully saturated rings. The van der Waals surface area contributed by atoms with Crippen molar-refractivity contribution in [1.82, 2.24) is 10.6 Å². The van der Waals surface area contributed by atoms with Crippen LogP contribution in [-0.4, -0.2) is 36.4 Å². The summed E-state index contributed by atoms with van der Waals surface area (Å²) in [6, 6.07) is 5.91. The van der Waals surface area contributed by atoms with Crippen LogP contribution in [0.5, 0.6) is 0 Å². The molecule has 0 heterocycles. The van der Waals surface area contributed by atoms with Crippen LogP contribution in [0.2, 0.25) is 0 Å². The van der Waals surface area contributed by atoms with Crippen LogP contribution in [0.25, 0.3) is 0 Å². The van der Waals surface area contributed by atoms with Gasteiger partial charge in [-0.05, 0) is 48.8 Å². The summed E-state index contributed by atoms with van der Waals surface area (Å²) in [5.41, 5.74) is 18.5. The summed E-state index contributed by atoms with van der Waals surface area (Å²) >= 11 is 0. The number of carbonyl (C=O) groups excluding carboxylic acids is 2. The third-order valence-electron chi connectivity index (χ3n) is 5.89. The standard InChI is InChI=1S/C24H40N6O2/c1-16(2)15-28-23(32)21(13-10-17-6-4-3-5-7-17)30-22(31)20(25)14-18-8-11-19(12-9-18)29-24(26)27/h8-9,11-12,16-17,20-21H,3-7,10,13-15,25H2,1-2H3,(H,28,32)(H,30,31)(H4,26,27,29)/t20-,21-/m0/s1. The summed E-state index contributed by atoms with van der Waals surface area (Å²) in [5, 5.41) is 5.87. The van der Waals surface area contributed by atoms with Gasteiger partial charge in [0.1, 0.15) is 6.04 Å². The molecule has 1 aromatic carbocycles. The van der Waals surface area contributed by atoms with Crippen LogP contribution in [-0.2, 0) is 16.0 Å². The quantitative estimate of drug-likeness (QED) is 0.262. The van der Waals surface area contributed by atoms with Crippen LogP contribution in [0.15, 0.2) is 29.3 Å². The lowest BCUT2D eigenvalue weighted by Crippen LogP contribution is -2.52. The van der Waals surface area contributed by atoms with Crippen LogP contribution < -0.4 is 27.8 Å². The van der Waals surface area contributed by atoms with Gasteiger partial charge in [0.05, 0.1) is 11.7 Å². The molecule has 1 aliphatic rings. The molecule has 0 unspecified atom stereocenters. The second-order valence-corrected chi connectivity index (χ2v) is 9.30. The topological polar surface area (TPSA) is 149 Å². The number of amides is 2. The van der Waals surface area contributed by atoms with Gasteiger partial charge >= 0.3 is 0 Å². The maximum Gasteiger partial charge on any atom is 0.242 e. The van der Waals surface area contributed by atoms with Crippen molar-refractivity contribution in [3.8, 4) is 0 Å². The first kappa shape index (κ1) is 25.6. The molecule has 0 aliphatic heterocycles. The number of rotatable bonds is 11. The summed E-state index contributed by atoms with van der Waals surface area (Å²) < 4.78 is 0. The van der Waals surface area contributed by atoms with E-state index in [9.17, 15) is 9.59 Å². The number of nitrogens with zero attached hydrogens (tertiary/aromatic N) is 1. The molecular formula is C24H40N6O2. The van der Waals surface area contributed by atoms with Crippen molar-refractivity contribution >= 4 is 23.5 Å². The van der Waals surface area contributed by atoms with Gasteiger partial charge < -0.3 is 27.8 Å². The molecule has 178 valence electrons. The Bertz CT molecular complexity index is 752. The number of aliphatic imine (C=N–C) groups is 1. The third kappa shape index (κ3) is 9.26. The van der Waals surface area contributed by atoms with E-state index in [0.717, 1.165) is 12.0 Å². The van der Waals surface area contributed by atoms with Crippen molar-refractivity contribution in [2.75, 3.05) is 6.54 Å². The molecule has 1 saturated carbocycles. The Kier molecular flexibility index (Phi) is 10.5. The lowest BCUT2D eigenvalue weighted by molar-refractivity contribution is -0.130. The number of hydrogen-bond donors (Lipinski definition) is 5. The highest BCUT2D eigenvalue weighted by atomic mass is 16.2. The van der Waals surface area contributed by atoms with E-state index < -0.39 is 12.1 Å². The van der Waals surface area contributed by atoms with Crippen LogP contribution in [0.3, 0.4) is 0 Å². The lowest BCUT2D eigenvalue weighted by atomic mass is 9.85. The molecule has 8 heteroatoms. The Labute approximate surface area is 191 Å². The van der Waals surface area contributed by atoms with Crippen molar-refractivity contribution in [2.45, 2.75) is 77.3 Å². The zero-order valence-corrected chi connectivity index (χ0v) is 19.5. The van der Waals surface area contributed by atoms with Crippen LogP contribution in [0, 0.1) is 11.8 Å². The number of nitrogens with one attached hydrogen (secondary N) is 2. The molecule has 0 bridgehead atoms. The molecule has 8 N–H and O–H groups in total. The fraction of sp³-hybridized carbons (Fsp3) is 0.625. The predicted octanol–water partition coefficient (Wildman–Crippen LogP) is 2.08. The molecular weight excluding hydrogens is 404 g/mol. The van der Waals surface area contributed by atoms with Crippen molar-refractivity contribution < 1.29 is 9.59 Å². The predicted molar refractivity (Wildman–Crippen MR) is 129 cm³/mol. The van der Waals surface area contributed by atoms with Crippen molar-refractivity contribution in [1.29, 1.82) is 0 Å². The summed E-state index contributed by atoms with van der Waals surface area (Å²) in [6.45, 7) is 4.68. The van der Waals surface area contributed by atoms with E-state index in [4.69, 9.17) is 17.2 Å². The van der Waals surface area contributed by atoms with E-state index in [1.54, 1.807) is 12.1 Å². The van der Waals surface area contributed by atoms with Crippen molar-refractivity contribution in [3.63, 3.8) is 0 Å². The van der Waals surface area contributed by atoms with Gasteiger partial charge in [-0.25, -0.2) is 4.99 Å². The van der Waals surface area contributed by atoms with Crippen molar-refractivity contribution in [2.24, 2.45) is 34.0 Å². The Morgan fingerprint density at radius 3 is 2.31 bits per heavy atom. The molecule has 1 aliphatic carbocycles. The minimum Gasteiger partial charge on any atom is -0.370 e. The molecule has 2 amide bonds. The molecule has 8 nitrogen and oxygen atoms in total. The Morgan fingerprint density at radius 2 is 1.72 bits per heavy atom. The molecule has 2 rings (SSSR count). The summed E-state index contributed by atoms with van der Waals surface area (Å²) in [7, 11) is 0. The average molecular weight is 445 g/mol. The number of guanidine groups is 1. The summed E-state index contributed by atoms with van der Waals surface area (Å²) in [6.07, 6.45) is 8.18. The Balaban J connectivity index is 1.94. The molecule has 0 radical (unpaired) electrons. The Hall–Kier alpha value is -2.61. The first-order valence-electron chi connectivity index (χ1n) is 11.8. The van der Waals surface area contributed by atoms with Crippen LogP contribution >= 0.6 is 0 Å². The van der Waals surface area contributed by atoms with Gasteiger partial charge in [0, 0.05) is 6.54 Å². The normalized spacial score (nSPS) is 16.2. The fourth-order valence-corrected chi connectivity index (χ4v) is 4.06. The first-order valence-corrected chi connectivity index (χ1v) is 11.8. The molecule has 0 spiro atoms. The highest BCUT2D eigenvalue weighted by Gasteiger charge is 2.25. The van der Waals surface area contributed by atoms with Gasteiger partial charge in [-0.1, -0.05) is 58.1 Å². The van der Waals surface area contributed by atoms with E-state index in [-0.39, 0.29) is 17.8 Å². The highest BCUT2D eigenvalue weighted by Crippen LogP contribution is 2.27. The molecule has 32 heavy (non-hydrogen) atoms. The van der Waals surface area contributed by atoms with Crippen LogP contribution in [0.4, 0.5) is 5.69 Å². The van der Waals surface area contributed by atoms with Gasteiger partial charge in [0.15, 0.2) is 5.96 Å². The Morgan fingerprint density at radius 1 is 1.06 bits per heavy atom. The van der Waals surface area contributed by atoms with E-state index in [1.807, 2.05) is 26.0 Å². The molecule has 0 saturated heterocycles. The zero-order valence-electron chi connectivity index (χ0n) is 19.5. The minimum absolute atomic E-state index is 0.0103. The highest BCUT2D eigenvalue weighted by molar-refractivity contribution is 5.89. The van der Waals surface area contributed by atoms with Crippen molar-refractivity contribution in [3.05, 3.63) is 29.8 Å². The monoisotopic (exact) mass is 444 g/mol. The van der Waals surface area contributed by atoms with Gasteiger partial charge in [-0.2, -0.15) is 0 Å². The van der Waals surface area contributed by atoms with E-state index >= 15 is 0 Å². The zero-order chi connectivity index (χ0) is 23.5. The number of hydrogen-bond acceptors (Lipinski definition) is 4. The molecule has 1 aromatic rings. The minimum atomic E-state index is -0.751. The maximum absolute atomic E-state index is 12.8. The fourth-order valence-electron chi connectivity index (χ4n) is 4.06. The average Bonchev–Trinajstić information content (AvgIpc) is 2.76. The van der Waals surface area contributed by atoms with Crippen LogP contribution in [0.1, 0.15) is 64.4 Å². The number of benzene rings is 1. The van der Waals surface area contributed by atoms with Gasteiger partial charge in [0.2, 0.25) is 11.8 Å². The molecule has 0 aromatic heterocycles. The smallest absolute Gasteiger partial charge is 0.242 e. The second kappa shape index (κ2) is 13.1. The van der Waals surface area contributed by atoms with Gasteiger partial charge in [0.25, 0.3) is 0 Å². The number of carbonyl (C=O) groups is 2. The third-order valence-corrected chi connectivity index (χ3v) is 5.89. The number of nitrogens with two attached hydrogens (primary N) is 3. The largest absolute Gasteiger partial charge is 0.370 e. The maximum atomic E-state index is 12.8. The molecule has 2 atom stereocenters. The second-order valence-electron chi connectivity index (χ2n) is 9.30. The SMILES string of the molecule is CC(C)CNC(=O)[C@H](CCC1CCCCC1)NC(=O)[C@@H](N)Cc1ccc(N=C(N)N)cc1. The van der Waals surface area contributed by atoms with E-state index in [0.29, 0.717) is 36.9 Å². The summed E-state index contributed by atoms with van der Waals surface area (Å²) in [5.74, 6) is 0.531.